The van der Waals surface area contributed by atoms with Gasteiger partial charge in [0.2, 0.25) is 0 Å². The van der Waals surface area contributed by atoms with Crippen molar-refractivity contribution in [1.29, 1.82) is 0 Å². The Hall–Kier alpha value is -4.26. The fourth-order valence-corrected chi connectivity index (χ4v) is 4.78. The molecular weight excluding hydrogens is 464 g/mol. The molecule has 7 heteroatoms. The summed E-state index contributed by atoms with van der Waals surface area (Å²) in [6.07, 6.45) is 3.70. The maximum Gasteiger partial charge on any atom is 0.313 e. The van der Waals surface area contributed by atoms with Crippen LogP contribution in [-0.2, 0) is 16.8 Å². The standard InChI is InChI=1S/C30H30N4O3/c1-18(2)33-14-13-31-27(33)25-7-6-8-26(32-25)34-17-21-10-9-20(16-24(21)28(34)35)23-12-11-22(15-19(23)3)30(4,5)29(36)37/h6-16,18H,17H2,1-5H3,(H,36,37). The average Bonchev–Trinajstić information content (AvgIpc) is 3.49. The molecule has 2 aromatic heterocycles. The highest BCUT2D eigenvalue weighted by atomic mass is 16.4. The van der Waals surface area contributed by atoms with E-state index in [0.717, 1.165) is 39.3 Å². The number of hydrogen-bond donors (Lipinski definition) is 1. The Labute approximate surface area is 216 Å². The van der Waals surface area contributed by atoms with Gasteiger partial charge in [-0.2, -0.15) is 0 Å². The van der Waals surface area contributed by atoms with Gasteiger partial charge >= 0.3 is 5.97 Å². The molecule has 0 spiro atoms. The van der Waals surface area contributed by atoms with Crippen LogP contribution < -0.4 is 4.90 Å². The highest BCUT2D eigenvalue weighted by molar-refractivity contribution is 6.10. The molecule has 3 heterocycles. The van der Waals surface area contributed by atoms with Crippen molar-refractivity contribution < 1.29 is 14.7 Å². The number of pyridine rings is 1. The first-order valence-corrected chi connectivity index (χ1v) is 12.4. The van der Waals surface area contributed by atoms with E-state index in [9.17, 15) is 14.7 Å². The molecule has 7 nitrogen and oxygen atoms in total. The largest absolute Gasteiger partial charge is 0.481 e. The fraction of sp³-hybridized carbons (Fsp3) is 0.267. The number of benzene rings is 2. The molecule has 1 aliphatic heterocycles. The molecule has 1 aliphatic rings. The minimum absolute atomic E-state index is 0.0880. The first-order valence-electron chi connectivity index (χ1n) is 12.4. The zero-order valence-corrected chi connectivity index (χ0v) is 21.7. The molecule has 0 unspecified atom stereocenters. The number of amides is 1. The van der Waals surface area contributed by atoms with Crippen LogP contribution in [0.1, 0.15) is 60.8 Å². The molecule has 0 aliphatic carbocycles. The molecule has 4 aromatic rings. The maximum atomic E-state index is 13.5. The van der Waals surface area contributed by atoms with E-state index in [0.29, 0.717) is 17.9 Å². The molecular formula is C30H30N4O3. The van der Waals surface area contributed by atoms with Gasteiger partial charge in [0.15, 0.2) is 5.82 Å². The second kappa shape index (κ2) is 9.00. The highest BCUT2D eigenvalue weighted by Crippen LogP contribution is 2.34. The molecule has 0 atom stereocenters. The summed E-state index contributed by atoms with van der Waals surface area (Å²) in [5.41, 5.74) is 4.95. The van der Waals surface area contributed by atoms with E-state index in [4.69, 9.17) is 4.98 Å². The lowest BCUT2D eigenvalue weighted by molar-refractivity contribution is -0.142. The van der Waals surface area contributed by atoms with E-state index < -0.39 is 11.4 Å². The summed E-state index contributed by atoms with van der Waals surface area (Å²) < 4.78 is 2.06. The number of carbonyl (C=O) groups is 2. The molecule has 0 saturated heterocycles. The summed E-state index contributed by atoms with van der Waals surface area (Å²) in [5.74, 6) is 0.409. The van der Waals surface area contributed by atoms with Gasteiger partial charge in [0.25, 0.3) is 5.91 Å². The number of nitrogens with zero attached hydrogens (tertiary/aromatic N) is 4. The van der Waals surface area contributed by atoms with Crippen LogP contribution in [0.3, 0.4) is 0 Å². The number of anilines is 1. The number of imidazole rings is 1. The Balaban J connectivity index is 1.45. The Morgan fingerprint density at radius 1 is 1.05 bits per heavy atom. The molecule has 188 valence electrons. The summed E-state index contributed by atoms with van der Waals surface area (Å²) in [5, 5.41) is 9.58. The Morgan fingerprint density at radius 3 is 2.54 bits per heavy atom. The van der Waals surface area contributed by atoms with Gasteiger partial charge in [-0.1, -0.05) is 36.4 Å². The van der Waals surface area contributed by atoms with E-state index in [-0.39, 0.29) is 11.9 Å². The number of aromatic nitrogens is 3. The molecule has 1 amide bonds. The average molecular weight is 495 g/mol. The molecule has 0 radical (unpaired) electrons. The predicted octanol–water partition coefficient (Wildman–Crippen LogP) is 6.02. The zero-order valence-electron chi connectivity index (χ0n) is 21.7. The van der Waals surface area contributed by atoms with Gasteiger partial charge in [-0.05, 0) is 80.6 Å². The van der Waals surface area contributed by atoms with Gasteiger partial charge in [0.05, 0.1) is 12.0 Å². The second-order valence-electron chi connectivity index (χ2n) is 10.4. The second-order valence-corrected chi connectivity index (χ2v) is 10.4. The number of carbonyl (C=O) groups excluding carboxylic acids is 1. The van der Waals surface area contributed by atoms with Gasteiger partial charge in [0, 0.05) is 24.0 Å². The van der Waals surface area contributed by atoms with E-state index in [1.165, 1.54) is 0 Å². The van der Waals surface area contributed by atoms with E-state index in [1.54, 1.807) is 24.9 Å². The molecule has 0 saturated carbocycles. The monoisotopic (exact) mass is 494 g/mol. The Kier molecular flexibility index (Phi) is 5.94. The first kappa shape index (κ1) is 24.4. The van der Waals surface area contributed by atoms with Crippen molar-refractivity contribution >= 4 is 17.7 Å². The summed E-state index contributed by atoms with van der Waals surface area (Å²) in [6, 6.07) is 17.6. The van der Waals surface area contributed by atoms with Crippen LogP contribution in [0.25, 0.3) is 22.6 Å². The number of aliphatic carboxylic acids is 1. The van der Waals surface area contributed by atoms with Gasteiger partial charge in [-0.3, -0.25) is 14.5 Å². The molecule has 37 heavy (non-hydrogen) atoms. The third kappa shape index (κ3) is 4.20. The van der Waals surface area contributed by atoms with E-state index in [1.807, 2.05) is 67.7 Å². The van der Waals surface area contributed by atoms with Gasteiger partial charge in [0.1, 0.15) is 11.5 Å². The van der Waals surface area contributed by atoms with Crippen LogP contribution in [0.2, 0.25) is 0 Å². The Bertz CT molecular complexity index is 1530. The van der Waals surface area contributed by atoms with Crippen molar-refractivity contribution in [3.63, 3.8) is 0 Å². The lowest BCUT2D eigenvalue weighted by atomic mass is 9.82. The molecule has 0 fully saturated rings. The fourth-order valence-electron chi connectivity index (χ4n) is 4.78. The normalized spacial score (nSPS) is 13.4. The summed E-state index contributed by atoms with van der Waals surface area (Å²) in [6.45, 7) is 10.0. The molecule has 5 rings (SSSR count). The van der Waals surface area contributed by atoms with Crippen molar-refractivity contribution in [3.8, 4) is 22.6 Å². The maximum absolute atomic E-state index is 13.5. The third-order valence-corrected chi connectivity index (χ3v) is 7.17. The molecule has 0 bridgehead atoms. The van der Waals surface area contributed by atoms with Crippen molar-refractivity contribution in [2.45, 2.75) is 52.6 Å². The third-order valence-electron chi connectivity index (χ3n) is 7.17. The Morgan fingerprint density at radius 2 is 1.84 bits per heavy atom. The zero-order chi connectivity index (χ0) is 26.5. The highest BCUT2D eigenvalue weighted by Gasteiger charge is 2.31. The molecule has 1 N–H and O–H groups in total. The first-order chi connectivity index (χ1) is 17.6. The van der Waals surface area contributed by atoms with Crippen molar-refractivity contribution in [2.75, 3.05) is 4.90 Å². The number of hydrogen-bond acceptors (Lipinski definition) is 4. The van der Waals surface area contributed by atoms with Crippen molar-refractivity contribution in [2.24, 2.45) is 0 Å². The minimum Gasteiger partial charge on any atom is -0.481 e. The summed E-state index contributed by atoms with van der Waals surface area (Å²) in [7, 11) is 0. The quantitative estimate of drug-likeness (QED) is 0.354. The summed E-state index contributed by atoms with van der Waals surface area (Å²) >= 11 is 0. The SMILES string of the molecule is Cc1cc(C(C)(C)C(=O)O)ccc1-c1ccc2c(c1)C(=O)N(c1cccc(-c3nccn3C(C)C)n1)C2. The number of rotatable bonds is 6. The lowest BCUT2D eigenvalue weighted by Crippen LogP contribution is -2.28. The van der Waals surface area contributed by atoms with Gasteiger partial charge in [-0.15, -0.1) is 0 Å². The van der Waals surface area contributed by atoms with Crippen LogP contribution in [0, 0.1) is 6.92 Å². The van der Waals surface area contributed by atoms with Crippen molar-refractivity contribution in [1.82, 2.24) is 14.5 Å². The molecule has 2 aromatic carbocycles. The van der Waals surface area contributed by atoms with Crippen LogP contribution >= 0.6 is 0 Å². The number of carboxylic acid groups (broad SMARTS) is 1. The lowest BCUT2D eigenvalue weighted by Gasteiger charge is -2.21. The van der Waals surface area contributed by atoms with Gasteiger partial charge in [-0.25, -0.2) is 9.97 Å². The number of carboxylic acids is 1. The van der Waals surface area contributed by atoms with Crippen LogP contribution in [0.5, 0.6) is 0 Å². The van der Waals surface area contributed by atoms with Crippen LogP contribution in [0.15, 0.2) is 67.0 Å². The van der Waals surface area contributed by atoms with Crippen LogP contribution in [0.4, 0.5) is 5.82 Å². The summed E-state index contributed by atoms with van der Waals surface area (Å²) in [4.78, 5) is 36.2. The van der Waals surface area contributed by atoms with Gasteiger partial charge < -0.3 is 9.67 Å². The smallest absolute Gasteiger partial charge is 0.313 e. The topological polar surface area (TPSA) is 88.3 Å². The van der Waals surface area contributed by atoms with E-state index >= 15 is 0 Å². The van der Waals surface area contributed by atoms with E-state index in [2.05, 4.69) is 23.4 Å². The van der Waals surface area contributed by atoms with Crippen molar-refractivity contribution in [3.05, 3.63) is 89.2 Å². The number of fused-ring (bicyclic) bond motifs is 1. The minimum atomic E-state index is -0.981. The van der Waals surface area contributed by atoms with Crippen LogP contribution in [-0.4, -0.2) is 31.5 Å². The predicted molar refractivity (Wildman–Crippen MR) is 144 cm³/mol. The number of aryl methyl sites for hydroxylation is 1.